The third kappa shape index (κ3) is 7.10. The number of para-hydroxylation sites is 1. The highest BCUT2D eigenvalue weighted by Crippen LogP contribution is 2.31. The number of hydrogen-bond donors (Lipinski definition) is 3. The van der Waals surface area contributed by atoms with E-state index >= 15 is 0 Å². The number of benzene rings is 3. The summed E-state index contributed by atoms with van der Waals surface area (Å²) in [6.45, 7) is 3.82. The van der Waals surface area contributed by atoms with E-state index in [4.69, 9.17) is 0 Å². The Morgan fingerprint density at radius 2 is 1.38 bits per heavy atom. The van der Waals surface area contributed by atoms with E-state index in [2.05, 4.69) is 30.1 Å². The van der Waals surface area contributed by atoms with Gasteiger partial charge in [0.2, 0.25) is 5.95 Å². The molecule has 1 aromatic heterocycles. The molecule has 0 saturated carbocycles. The molecular formula is C25H22F3N5O3S. The van der Waals surface area contributed by atoms with Gasteiger partial charge in [0.05, 0.1) is 0 Å². The van der Waals surface area contributed by atoms with Crippen molar-refractivity contribution < 1.29 is 26.3 Å². The van der Waals surface area contributed by atoms with Gasteiger partial charge in [0, 0.05) is 28.8 Å². The average Bonchev–Trinajstić information content (AvgIpc) is 2.80. The van der Waals surface area contributed by atoms with E-state index in [0.717, 1.165) is 29.1 Å². The van der Waals surface area contributed by atoms with Gasteiger partial charge in [0.15, 0.2) is 0 Å². The number of alkyl halides is 3. The van der Waals surface area contributed by atoms with Crippen LogP contribution in [0.1, 0.15) is 11.3 Å². The molecule has 0 radical (unpaired) electrons. The summed E-state index contributed by atoms with van der Waals surface area (Å²) in [7, 11) is -4.36. The number of halogens is 3. The number of nitrogens with one attached hydrogen (secondary N) is 3. The zero-order valence-corrected chi connectivity index (χ0v) is 20.5. The summed E-state index contributed by atoms with van der Waals surface area (Å²) in [5.41, 5.74) is 3.43. The second-order valence-electron chi connectivity index (χ2n) is 8.01. The lowest BCUT2D eigenvalue weighted by Crippen LogP contribution is -2.20. The summed E-state index contributed by atoms with van der Waals surface area (Å²) in [6, 6.07) is 20.2. The molecule has 0 bridgehead atoms. The van der Waals surface area contributed by atoms with Crippen molar-refractivity contribution in [3.05, 3.63) is 90.1 Å². The molecule has 0 amide bonds. The van der Waals surface area contributed by atoms with Crippen LogP contribution in [0.15, 0.2) is 83.8 Å². The Balaban J connectivity index is 1.47. The topological polar surface area (TPSA) is 105 Å². The molecule has 0 unspecified atom stereocenters. The van der Waals surface area contributed by atoms with Crippen LogP contribution in [-0.2, 0) is 10.0 Å². The monoisotopic (exact) mass is 529 g/mol. The maximum absolute atomic E-state index is 12.7. The van der Waals surface area contributed by atoms with Crippen molar-refractivity contribution in [2.24, 2.45) is 0 Å². The Kier molecular flexibility index (Phi) is 7.21. The molecule has 1 heterocycles. The van der Waals surface area contributed by atoms with Crippen LogP contribution >= 0.6 is 0 Å². The second-order valence-corrected chi connectivity index (χ2v) is 9.66. The molecule has 0 saturated heterocycles. The highest BCUT2D eigenvalue weighted by molar-refractivity contribution is 7.92. The SMILES string of the molecule is Cc1ccc(Nc2cc(C)nc(Nc3ccc(NS(=O)(=O)c4ccccc4OC(F)(F)F)cc3)n2)cc1. The van der Waals surface area contributed by atoms with Gasteiger partial charge in [-0.3, -0.25) is 4.72 Å². The first-order chi connectivity index (χ1) is 17.5. The molecule has 192 valence electrons. The molecule has 3 N–H and O–H groups in total. The van der Waals surface area contributed by atoms with Crippen molar-refractivity contribution in [1.82, 2.24) is 9.97 Å². The minimum absolute atomic E-state index is 0.138. The van der Waals surface area contributed by atoms with E-state index in [1.54, 1.807) is 18.2 Å². The maximum atomic E-state index is 12.7. The lowest BCUT2D eigenvalue weighted by molar-refractivity contribution is -0.275. The van der Waals surface area contributed by atoms with Crippen molar-refractivity contribution in [1.29, 1.82) is 0 Å². The van der Waals surface area contributed by atoms with Crippen LogP contribution in [0.4, 0.5) is 42.0 Å². The van der Waals surface area contributed by atoms with Crippen LogP contribution in [-0.4, -0.2) is 24.7 Å². The normalized spacial score (nSPS) is 11.6. The van der Waals surface area contributed by atoms with Gasteiger partial charge in [-0.25, -0.2) is 13.4 Å². The van der Waals surface area contributed by atoms with Crippen LogP contribution in [0.25, 0.3) is 0 Å². The molecule has 0 aliphatic heterocycles. The van der Waals surface area contributed by atoms with Crippen molar-refractivity contribution >= 4 is 38.9 Å². The van der Waals surface area contributed by atoms with Crippen LogP contribution in [0.2, 0.25) is 0 Å². The molecule has 0 aliphatic rings. The second kappa shape index (κ2) is 10.3. The Morgan fingerprint density at radius 1 is 0.784 bits per heavy atom. The molecule has 3 aromatic carbocycles. The first kappa shape index (κ1) is 25.8. The fraction of sp³-hybridized carbons (Fsp3) is 0.120. The molecule has 12 heteroatoms. The van der Waals surface area contributed by atoms with E-state index < -0.39 is 27.0 Å². The van der Waals surface area contributed by atoms with Crippen LogP contribution in [0.5, 0.6) is 5.75 Å². The van der Waals surface area contributed by atoms with Gasteiger partial charge in [-0.2, -0.15) is 4.98 Å². The summed E-state index contributed by atoms with van der Waals surface area (Å²) in [5.74, 6) is 0.0802. The zero-order valence-electron chi connectivity index (χ0n) is 19.7. The van der Waals surface area contributed by atoms with Crippen molar-refractivity contribution in [2.75, 3.05) is 15.4 Å². The number of anilines is 5. The summed E-state index contributed by atoms with van der Waals surface area (Å²) in [6.07, 6.45) is -5.04. The van der Waals surface area contributed by atoms with E-state index in [1.165, 1.54) is 24.3 Å². The number of rotatable bonds is 8. The number of sulfonamides is 1. The molecule has 0 aliphatic carbocycles. The third-order valence-corrected chi connectivity index (χ3v) is 6.36. The quantitative estimate of drug-likeness (QED) is 0.247. The molecule has 4 rings (SSSR count). The molecule has 0 atom stereocenters. The van der Waals surface area contributed by atoms with Crippen LogP contribution < -0.4 is 20.1 Å². The van der Waals surface area contributed by atoms with Gasteiger partial charge < -0.3 is 15.4 Å². The lowest BCUT2D eigenvalue weighted by atomic mass is 10.2. The van der Waals surface area contributed by atoms with Gasteiger partial charge in [-0.15, -0.1) is 13.2 Å². The van der Waals surface area contributed by atoms with Crippen molar-refractivity contribution in [3.63, 3.8) is 0 Å². The standard InChI is InChI=1S/C25H22F3N5O3S/c1-16-7-9-18(10-8-16)30-23-15-17(2)29-24(32-23)31-19-11-13-20(14-12-19)33-37(34,35)22-6-4-3-5-21(22)36-25(26,27)28/h3-15,33H,1-2H3,(H2,29,30,31,32). The molecule has 0 spiro atoms. The average molecular weight is 530 g/mol. The van der Waals surface area contributed by atoms with E-state index in [9.17, 15) is 21.6 Å². The van der Waals surface area contributed by atoms with E-state index in [0.29, 0.717) is 17.5 Å². The minimum Gasteiger partial charge on any atom is -0.404 e. The Labute approximate surface area is 211 Å². The fourth-order valence-corrected chi connectivity index (χ4v) is 4.50. The largest absolute Gasteiger partial charge is 0.573 e. The molecule has 8 nitrogen and oxygen atoms in total. The number of nitrogens with zero attached hydrogens (tertiary/aromatic N) is 2. The first-order valence-corrected chi connectivity index (χ1v) is 12.4. The fourth-order valence-electron chi connectivity index (χ4n) is 3.32. The smallest absolute Gasteiger partial charge is 0.404 e. The predicted octanol–water partition coefficient (Wildman–Crippen LogP) is 6.28. The summed E-state index contributed by atoms with van der Waals surface area (Å²) >= 11 is 0. The van der Waals surface area contributed by atoms with Gasteiger partial charge in [-0.1, -0.05) is 29.8 Å². The third-order valence-electron chi connectivity index (χ3n) is 4.94. The van der Waals surface area contributed by atoms with Gasteiger partial charge in [0.1, 0.15) is 16.5 Å². The van der Waals surface area contributed by atoms with Gasteiger partial charge >= 0.3 is 6.36 Å². The summed E-state index contributed by atoms with van der Waals surface area (Å²) in [5, 5.41) is 6.27. The maximum Gasteiger partial charge on any atom is 0.573 e. The Bertz CT molecular complexity index is 1490. The molecule has 37 heavy (non-hydrogen) atoms. The Morgan fingerprint density at radius 3 is 2.05 bits per heavy atom. The van der Waals surface area contributed by atoms with Gasteiger partial charge in [0.25, 0.3) is 10.0 Å². The number of ether oxygens (including phenoxy) is 1. The highest BCUT2D eigenvalue weighted by atomic mass is 32.2. The van der Waals surface area contributed by atoms with E-state index in [-0.39, 0.29) is 5.69 Å². The number of aryl methyl sites for hydroxylation is 2. The minimum atomic E-state index is -5.04. The highest BCUT2D eigenvalue weighted by Gasteiger charge is 2.34. The molecular weight excluding hydrogens is 507 g/mol. The molecule has 0 fully saturated rings. The van der Waals surface area contributed by atoms with Crippen molar-refractivity contribution in [2.45, 2.75) is 25.1 Å². The zero-order chi connectivity index (χ0) is 26.6. The Hall–Kier alpha value is -4.32. The van der Waals surface area contributed by atoms with Crippen LogP contribution in [0, 0.1) is 13.8 Å². The summed E-state index contributed by atoms with van der Waals surface area (Å²) in [4.78, 5) is 8.18. The van der Waals surface area contributed by atoms with Gasteiger partial charge in [-0.05, 0) is 62.4 Å². The van der Waals surface area contributed by atoms with Crippen molar-refractivity contribution in [3.8, 4) is 5.75 Å². The number of hydrogen-bond acceptors (Lipinski definition) is 7. The summed E-state index contributed by atoms with van der Waals surface area (Å²) < 4.78 is 69.6. The molecule has 4 aromatic rings. The first-order valence-electron chi connectivity index (χ1n) is 10.9. The predicted molar refractivity (Wildman–Crippen MR) is 135 cm³/mol. The van der Waals surface area contributed by atoms with E-state index in [1.807, 2.05) is 38.1 Å². The van der Waals surface area contributed by atoms with Crippen LogP contribution in [0.3, 0.4) is 0 Å². The number of aromatic nitrogens is 2. The lowest BCUT2D eigenvalue weighted by Gasteiger charge is -2.15.